The molecule has 1 aromatic heterocycles. The molecule has 0 saturated carbocycles. The van der Waals surface area contributed by atoms with Crippen molar-refractivity contribution in [1.29, 1.82) is 0 Å². The van der Waals surface area contributed by atoms with Crippen LogP contribution in [0.3, 0.4) is 0 Å². The van der Waals surface area contributed by atoms with Crippen LogP contribution in [0.4, 0.5) is 0 Å². The second kappa shape index (κ2) is 4.37. The lowest BCUT2D eigenvalue weighted by Crippen LogP contribution is -2.50. The van der Waals surface area contributed by atoms with Crippen molar-refractivity contribution in [3.63, 3.8) is 0 Å². The number of rotatable bonds is 1. The summed E-state index contributed by atoms with van der Waals surface area (Å²) in [4.78, 5) is 14.5. The molecule has 0 aliphatic carbocycles. The third-order valence-electron chi connectivity index (χ3n) is 3.82. The highest BCUT2D eigenvalue weighted by molar-refractivity contribution is 9.11. The highest BCUT2D eigenvalue weighted by atomic mass is 79.9. The molecule has 2 N–H and O–H groups in total. The molecular weight excluding hydrogens is 300 g/mol. The molecule has 2 bridgehead atoms. The fourth-order valence-corrected chi connectivity index (χ4v) is 4.25. The number of carbonyl (C=O) groups is 1. The van der Waals surface area contributed by atoms with Crippen molar-refractivity contribution in [2.24, 2.45) is 5.73 Å². The Morgan fingerprint density at radius 2 is 2.06 bits per heavy atom. The molecular formula is C12H15BrN2OS. The predicted octanol–water partition coefficient (Wildman–Crippen LogP) is 2.60. The van der Waals surface area contributed by atoms with Crippen molar-refractivity contribution in [3.05, 3.63) is 20.8 Å². The van der Waals surface area contributed by atoms with E-state index in [1.807, 2.05) is 11.4 Å². The van der Waals surface area contributed by atoms with Gasteiger partial charge in [-0.05, 0) is 47.7 Å². The first-order chi connectivity index (χ1) is 8.15. The van der Waals surface area contributed by atoms with Crippen molar-refractivity contribution in [1.82, 2.24) is 4.90 Å². The van der Waals surface area contributed by atoms with E-state index >= 15 is 0 Å². The quantitative estimate of drug-likeness (QED) is 0.866. The van der Waals surface area contributed by atoms with Crippen LogP contribution >= 0.6 is 27.3 Å². The Labute approximate surface area is 113 Å². The van der Waals surface area contributed by atoms with Crippen LogP contribution in [0.1, 0.15) is 36.0 Å². The number of piperidine rings is 1. The van der Waals surface area contributed by atoms with Crippen molar-refractivity contribution in [2.75, 3.05) is 0 Å². The molecule has 3 nitrogen and oxygen atoms in total. The van der Waals surface area contributed by atoms with Gasteiger partial charge in [-0.25, -0.2) is 0 Å². The number of hydrogen-bond acceptors (Lipinski definition) is 3. The van der Waals surface area contributed by atoms with Gasteiger partial charge in [-0.2, -0.15) is 0 Å². The van der Waals surface area contributed by atoms with Crippen LogP contribution in [-0.4, -0.2) is 28.9 Å². The molecule has 92 valence electrons. The van der Waals surface area contributed by atoms with E-state index in [2.05, 4.69) is 20.8 Å². The Bertz CT molecular complexity index is 433. The SMILES string of the molecule is NC1CC2CCC(C1)N2C(=O)c1csc(Br)c1. The molecule has 2 fully saturated rings. The zero-order valence-corrected chi connectivity index (χ0v) is 11.8. The standard InChI is InChI=1S/C12H15BrN2OS/c13-11-3-7(6-17-11)12(16)15-9-1-2-10(15)5-8(14)4-9/h3,6,8-10H,1-2,4-5,14H2. The van der Waals surface area contributed by atoms with E-state index in [4.69, 9.17) is 5.73 Å². The molecule has 5 heteroatoms. The Kier molecular flexibility index (Phi) is 3.00. The van der Waals surface area contributed by atoms with Crippen LogP contribution < -0.4 is 5.73 Å². The van der Waals surface area contributed by atoms with Crippen molar-refractivity contribution < 1.29 is 4.79 Å². The van der Waals surface area contributed by atoms with Crippen molar-refractivity contribution in [3.8, 4) is 0 Å². The molecule has 3 rings (SSSR count). The zero-order valence-electron chi connectivity index (χ0n) is 9.43. The maximum atomic E-state index is 12.5. The maximum absolute atomic E-state index is 12.5. The average Bonchev–Trinajstić information content (AvgIpc) is 2.81. The summed E-state index contributed by atoms with van der Waals surface area (Å²) in [6, 6.07) is 2.94. The Hall–Kier alpha value is -0.390. The van der Waals surface area contributed by atoms with Gasteiger partial charge in [0.1, 0.15) is 0 Å². The number of carbonyl (C=O) groups excluding carboxylic acids is 1. The molecule has 0 radical (unpaired) electrons. The zero-order chi connectivity index (χ0) is 12.0. The lowest BCUT2D eigenvalue weighted by molar-refractivity contribution is 0.0575. The molecule has 2 atom stereocenters. The molecule has 2 saturated heterocycles. The van der Waals surface area contributed by atoms with Crippen molar-refractivity contribution in [2.45, 2.75) is 43.8 Å². The normalized spacial score (nSPS) is 31.9. The third kappa shape index (κ3) is 2.04. The minimum atomic E-state index is 0.186. The van der Waals surface area contributed by atoms with Crippen LogP contribution in [0, 0.1) is 0 Å². The molecule has 1 aromatic rings. The molecule has 17 heavy (non-hydrogen) atoms. The summed E-state index contributed by atoms with van der Waals surface area (Å²) in [6.45, 7) is 0. The molecule has 2 unspecified atom stereocenters. The minimum absolute atomic E-state index is 0.186. The topological polar surface area (TPSA) is 46.3 Å². The summed E-state index contributed by atoms with van der Waals surface area (Å²) in [6.07, 6.45) is 4.17. The van der Waals surface area contributed by atoms with E-state index in [0.717, 1.165) is 35.0 Å². The maximum Gasteiger partial charge on any atom is 0.255 e. The van der Waals surface area contributed by atoms with Gasteiger partial charge in [0.2, 0.25) is 0 Å². The highest BCUT2D eigenvalue weighted by Gasteiger charge is 2.42. The van der Waals surface area contributed by atoms with Crippen LogP contribution in [0.15, 0.2) is 15.2 Å². The van der Waals surface area contributed by atoms with Gasteiger partial charge in [0.25, 0.3) is 5.91 Å². The first kappa shape index (κ1) is 11.7. The van der Waals surface area contributed by atoms with Crippen LogP contribution in [-0.2, 0) is 0 Å². The predicted molar refractivity (Wildman–Crippen MR) is 72.2 cm³/mol. The second-order valence-corrected chi connectivity index (χ2v) is 7.26. The van der Waals surface area contributed by atoms with Gasteiger partial charge in [-0.3, -0.25) is 4.79 Å². The summed E-state index contributed by atoms with van der Waals surface area (Å²) in [5, 5.41) is 1.93. The number of hydrogen-bond donors (Lipinski definition) is 1. The third-order valence-corrected chi connectivity index (χ3v) is 5.32. The monoisotopic (exact) mass is 314 g/mol. The van der Waals surface area contributed by atoms with Gasteiger partial charge in [-0.15, -0.1) is 11.3 Å². The van der Waals surface area contributed by atoms with Crippen LogP contribution in [0.2, 0.25) is 0 Å². The number of nitrogens with two attached hydrogens (primary N) is 1. The fraction of sp³-hybridized carbons (Fsp3) is 0.583. The number of halogens is 1. The van der Waals surface area contributed by atoms with Crippen LogP contribution in [0.5, 0.6) is 0 Å². The van der Waals surface area contributed by atoms with E-state index in [-0.39, 0.29) is 11.9 Å². The molecule has 2 aliphatic rings. The van der Waals surface area contributed by atoms with E-state index < -0.39 is 0 Å². The Balaban J connectivity index is 1.83. The molecule has 0 aromatic carbocycles. The lowest BCUT2D eigenvalue weighted by Gasteiger charge is -2.37. The van der Waals surface area contributed by atoms with Gasteiger partial charge >= 0.3 is 0 Å². The molecule has 2 aliphatic heterocycles. The van der Waals surface area contributed by atoms with E-state index in [1.165, 1.54) is 0 Å². The first-order valence-electron chi connectivity index (χ1n) is 5.97. The van der Waals surface area contributed by atoms with E-state index in [0.29, 0.717) is 12.1 Å². The van der Waals surface area contributed by atoms with Crippen LogP contribution in [0.25, 0.3) is 0 Å². The number of amides is 1. The molecule has 0 spiro atoms. The summed E-state index contributed by atoms with van der Waals surface area (Å²) >= 11 is 4.97. The highest BCUT2D eigenvalue weighted by Crippen LogP contribution is 2.36. The second-order valence-electron chi connectivity index (χ2n) is 4.97. The minimum Gasteiger partial charge on any atom is -0.333 e. The van der Waals surface area contributed by atoms with Gasteiger partial charge in [-0.1, -0.05) is 0 Å². The molecule has 3 heterocycles. The number of nitrogens with zero attached hydrogens (tertiary/aromatic N) is 1. The first-order valence-corrected chi connectivity index (χ1v) is 7.64. The number of thiophene rings is 1. The summed E-state index contributed by atoms with van der Waals surface area (Å²) in [5.74, 6) is 0.186. The van der Waals surface area contributed by atoms with Gasteiger partial charge in [0.15, 0.2) is 0 Å². The molecule has 1 amide bonds. The van der Waals surface area contributed by atoms with E-state index in [9.17, 15) is 4.79 Å². The summed E-state index contributed by atoms with van der Waals surface area (Å²) in [7, 11) is 0. The summed E-state index contributed by atoms with van der Waals surface area (Å²) < 4.78 is 1.02. The van der Waals surface area contributed by atoms with Crippen molar-refractivity contribution >= 4 is 33.2 Å². The lowest BCUT2D eigenvalue weighted by atomic mass is 9.97. The Morgan fingerprint density at radius 3 is 2.59 bits per heavy atom. The smallest absolute Gasteiger partial charge is 0.255 e. The van der Waals surface area contributed by atoms with E-state index in [1.54, 1.807) is 11.3 Å². The largest absolute Gasteiger partial charge is 0.333 e. The van der Waals surface area contributed by atoms with Gasteiger partial charge < -0.3 is 10.6 Å². The van der Waals surface area contributed by atoms with Gasteiger partial charge in [0, 0.05) is 23.5 Å². The summed E-state index contributed by atoms with van der Waals surface area (Å²) in [5.41, 5.74) is 6.83. The van der Waals surface area contributed by atoms with Gasteiger partial charge in [0.05, 0.1) is 9.35 Å². The fourth-order valence-electron chi connectivity index (χ4n) is 3.12. The average molecular weight is 315 g/mol. The Morgan fingerprint density at radius 1 is 1.41 bits per heavy atom. The number of fused-ring (bicyclic) bond motifs is 2.